The molecule has 4 atom stereocenters. The van der Waals surface area contributed by atoms with Crippen LogP contribution in [0.4, 0.5) is 0 Å². The van der Waals surface area contributed by atoms with Gasteiger partial charge in [-0.15, -0.1) is 0 Å². The number of carbonyl (C=O) groups excluding carboxylic acids is 3. The summed E-state index contributed by atoms with van der Waals surface area (Å²) >= 11 is 6.95. The fourth-order valence-corrected chi connectivity index (χ4v) is 3.30. The Labute approximate surface area is 184 Å². The summed E-state index contributed by atoms with van der Waals surface area (Å²) in [4.78, 5) is 48.3. The Kier molecular flexibility index (Phi) is 15.0. The molecule has 10 nitrogen and oxygen atoms in total. The van der Waals surface area contributed by atoms with Crippen molar-refractivity contribution < 1.29 is 29.4 Å². The highest BCUT2D eigenvalue weighted by molar-refractivity contribution is 7.98. The fourth-order valence-electron chi connectivity index (χ4n) is 2.10. The third-order valence-electron chi connectivity index (χ3n) is 3.82. The third kappa shape index (κ3) is 11.0. The first kappa shape index (κ1) is 27.8. The minimum absolute atomic E-state index is 0.0575. The lowest BCUT2D eigenvalue weighted by molar-refractivity contribution is -0.142. The summed E-state index contributed by atoms with van der Waals surface area (Å²) in [5.74, 6) is -2.10. The molecule has 168 valence electrons. The van der Waals surface area contributed by atoms with Gasteiger partial charge in [-0.25, -0.2) is 4.79 Å². The molecular weight excluding hydrogens is 440 g/mol. The van der Waals surface area contributed by atoms with Gasteiger partial charge in [0, 0.05) is 5.75 Å². The van der Waals surface area contributed by atoms with Crippen LogP contribution >= 0.6 is 36.2 Å². The van der Waals surface area contributed by atoms with Crippen LogP contribution in [-0.4, -0.2) is 94.4 Å². The molecule has 7 N–H and O–H groups in total. The number of aliphatic carboxylic acids is 1. The average molecular weight is 471 g/mol. The van der Waals surface area contributed by atoms with Crippen molar-refractivity contribution in [3.05, 3.63) is 0 Å². The van der Waals surface area contributed by atoms with Crippen LogP contribution in [0.2, 0.25) is 0 Å². The molecule has 0 aliphatic carbocycles. The molecule has 13 heteroatoms. The van der Waals surface area contributed by atoms with Crippen LogP contribution in [-0.2, 0) is 19.2 Å². The molecule has 0 heterocycles. The number of thioether (sulfide) groups is 2. The lowest BCUT2D eigenvalue weighted by Crippen LogP contribution is -2.58. The van der Waals surface area contributed by atoms with E-state index in [0.717, 1.165) is 0 Å². The van der Waals surface area contributed by atoms with Crippen LogP contribution in [0.3, 0.4) is 0 Å². The maximum absolute atomic E-state index is 12.6. The number of aliphatic hydroxyl groups is 1. The van der Waals surface area contributed by atoms with E-state index in [0.29, 0.717) is 11.5 Å². The maximum atomic E-state index is 12.6. The monoisotopic (exact) mass is 470 g/mol. The van der Waals surface area contributed by atoms with Crippen molar-refractivity contribution in [1.29, 1.82) is 0 Å². The van der Waals surface area contributed by atoms with E-state index in [-0.39, 0.29) is 18.6 Å². The van der Waals surface area contributed by atoms with Gasteiger partial charge in [0.15, 0.2) is 0 Å². The van der Waals surface area contributed by atoms with E-state index in [1.165, 1.54) is 23.5 Å². The molecule has 0 aromatic rings. The second-order valence-corrected chi connectivity index (χ2v) is 8.39. The molecule has 29 heavy (non-hydrogen) atoms. The molecular formula is C16H30N4O6S3. The van der Waals surface area contributed by atoms with E-state index in [1.54, 1.807) is 0 Å². The standard InChI is InChI=1S/C16H30N4O6S3/c1-28-5-3-10(14(23)19-11(16(25)26)4-6-29-2)18-15(24)12(8-27)20-13(22)9(17)7-21/h9-12,21,27H,3-8,17H2,1-2H3,(H,18,24)(H,19,23)(H,20,22)(H,25,26). The number of hydrogen-bond donors (Lipinski definition) is 7. The number of nitrogens with one attached hydrogen (secondary N) is 3. The number of rotatable bonds is 15. The second-order valence-electron chi connectivity index (χ2n) is 6.06. The predicted octanol–water partition coefficient (Wildman–Crippen LogP) is -1.72. The molecule has 0 fully saturated rings. The highest BCUT2D eigenvalue weighted by atomic mass is 32.2. The minimum Gasteiger partial charge on any atom is -0.480 e. The van der Waals surface area contributed by atoms with E-state index in [9.17, 15) is 24.3 Å². The number of carboxylic acid groups (broad SMARTS) is 1. The summed E-state index contributed by atoms with van der Waals surface area (Å²) < 4.78 is 0. The summed E-state index contributed by atoms with van der Waals surface area (Å²) in [6, 6.07) is -4.29. The smallest absolute Gasteiger partial charge is 0.326 e. The Balaban J connectivity index is 5.14. The maximum Gasteiger partial charge on any atom is 0.326 e. The molecule has 3 amide bonds. The summed E-state index contributed by atoms with van der Waals surface area (Å²) in [5.41, 5.74) is 5.42. The Morgan fingerprint density at radius 1 is 0.897 bits per heavy atom. The highest BCUT2D eigenvalue weighted by Gasteiger charge is 2.29. The van der Waals surface area contributed by atoms with Crippen LogP contribution in [0.25, 0.3) is 0 Å². The van der Waals surface area contributed by atoms with Gasteiger partial charge in [-0.05, 0) is 36.9 Å². The van der Waals surface area contributed by atoms with Crippen LogP contribution < -0.4 is 21.7 Å². The number of hydrogen-bond acceptors (Lipinski definition) is 9. The molecule has 0 rings (SSSR count). The van der Waals surface area contributed by atoms with E-state index in [1.807, 2.05) is 12.5 Å². The number of nitrogens with two attached hydrogens (primary N) is 1. The normalized spacial score (nSPS) is 14.9. The second kappa shape index (κ2) is 15.7. The molecule has 4 unspecified atom stereocenters. The van der Waals surface area contributed by atoms with Crippen LogP contribution in [0.15, 0.2) is 0 Å². The number of thiol groups is 1. The topological polar surface area (TPSA) is 171 Å². The van der Waals surface area contributed by atoms with Crippen LogP contribution in [0.5, 0.6) is 0 Å². The van der Waals surface area contributed by atoms with Crippen LogP contribution in [0, 0.1) is 0 Å². The van der Waals surface area contributed by atoms with Gasteiger partial charge < -0.3 is 31.9 Å². The van der Waals surface area contributed by atoms with Crippen molar-refractivity contribution in [2.75, 3.05) is 36.4 Å². The summed E-state index contributed by atoms with van der Waals surface area (Å²) in [7, 11) is 0. The van der Waals surface area contributed by atoms with Crippen molar-refractivity contribution in [2.45, 2.75) is 37.0 Å². The Morgan fingerprint density at radius 3 is 1.79 bits per heavy atom. The van der Waals surface area contributed by atoms with E-state index in [2.05, 4.69) is 28.6 Å². The average Bonchev–Trinajstić information content (AvgIpc) is 2.70. The highest BCUT2D eigenvalue weighted by Crippen LogP contribution is 2.05. The molecule has 0 bridgehead atoms. The summed E-state index contributed by atoms with van der Waals surface area (Å²) in [5, 5.41) is 25.6. The number of carbonyl (C=O) groups is 4. The van der Waals surface area contributed by atoms with Gasteiger partial charge in [-0.1, -0.05) is 0 Å². The van der Waals surface area contributed by atoms with Crippen molar-refractivity contribution >= 4 is 59.8 Å². The lowest BCUT2D eigenvalue weighted by Gasteiger charge is -2.24. The minimum atomic E-state index is -1.19. The first-order chi connectivity index (χ1) is 13.7. The fraction of sp³-hybridized carbons (Fsp3) is 0.750. The Hall–Kier alpha value is -1.15. The van der Waals surface area contributed by atoms with Crippen LogP contribution in [0.1, 0.15) is 12.8 Å². The van der Waals surface area contributed by atoms with Gasteiger partial charge in [0.1, 0.15) is 24.2 Å². The lowest BCUT2D eigenvalue weighted by atomic mass is 10.1. The van der Waals surface area contributed by atoms with Crippen molar-refractivity contribution in [1.82, 2.24) is 16.0 Å². The third-order valence-corrected chi connectivity index (χ3v) is 5.47. The molecule has 0 aliphatic rings. The van der Waals surface area contributed by atoms with Gasteiger partial charge in [-0.3, -0.25) is 14.4 Å². The number of amides is 3. The van der Waals surface area contributed by atoms with Gasteiger partial charge in [0.25, 0.3) is 0 Å². The largest absolute Gasteiger partial charge is 0.480 e. The molecule has 0 spiro atoms. The van der Waals surface area contributed by atoms with Gasteiger partial charge in [0.05, 0.1) is 6.61 Å². The zero-order valence-corrected chi connectivity index (χ0v) is 18.9. The Bertz CT molecular complexity index is 555. The van der Waals surface area contributed by atoms with Crippen molar-refractivity contribution in [2.24, 2.45) is 5.73 Å². The Morgan fingerprint density at radius 2 is 1.34 bits per heavy atom. The number of aliphatic hydroxyl groups excluding tert-OH is 1. The zero-order chi connectivity index (χ0) is 22.4. The van der Waals surface area contributed by atoms with E-state index < -0.39 is 54.5 Å². The number of carboxylic acids is 1. The van der Waals surface area contributed by atoms with Crippen molar-refractivity contribution in [3.63, 3.8) is 0 Å². The quantitative estimate of drug-likeness (QED) is 0.138. The molecule has 0 aliphatic heterocycles. The van der Waals surface area contributed by atoms with Crippen molar-refractivity contribution in [3.8, 4) is 0 Å². The molecule has 0 aromatic heterocycles. The summed E-state index contributed by atoms with van der Waals surface area (Å²) in [6.07, 6.45) is 4.19. The molecule has 0 saturated carbocycles. The zero-order valence-electron chi connectivity index (χ0n) is 16.4. The molecule has 0 saturated heterocycles. The molecule has 0 radical (unpaired) electrons. The molecule has 0 aromatic carbocycles. The summed E-state index contributed by atoms with van der Waals surface area (Å²) in [6.45, 7) is -0.585. The SMILES string of the molecule is CSCCC(NC(=O)C(CCSC)NC(=O)C(CS)NC(=O)C(N)CO)C(=O)O. The first-order valence-corrected chi connectivity index (χ1v) is 12.2. The van der Waals surface area contributed by atoms with E-state index >= 15 is 0 Å². The first-order valence-electron chi connectivity index (χ1n) is 8.80. The predicted molar refractivity (Wildman–Crippen MR) is 118 cm³/mol. The van der Waals surface area contributed by atoms with E-state index in [4.69, 9.17) is 10.8 Å². The van der Waals surface area contributed by atoms with Gasteiger partial charge in [-0.2, -0.15) is 36.2 Å². The van der Waals surface area contributed by atoms with Gasteiger partial charge >= 0.3 is 5.97 Å². The van der Waals surface area contributed by atoms with Gasteiger partial charge in [0.2, 0.25) is 17.7 Å².